The summed E-state index contributed by atoms with van der Waals surface area (Å²) in [6.07, 6.45) is 2.28. The molecular weight excluding hydrogens is 482 g/mol. The number of carbonyl (C=O) groups is 2. The molecule has 0 N–H and O–H groups in total. The van der Waals surface area contributed by atoms with Crippen molar-refractivity contribution in [1.82, 2.24) is 24.6 Å². The van der Waals surface area contributed by atoms with Crippen LogP contribution in [0, 0.1) is 0 Å². The first-order valence-corrected chi connectivity index (χ1v) is 13.1. The van der Waals surface area contributed by atoms with Gasteiger partial charge in [-0.05, 0) is 37.5 Å². The van der Waals surface area contributed by atoms with E-state index in [1.54, 1.807) is 22.2 Å². The van der Waals surface area contributed by atoms with Crippen molar-refractivity contribution in [1.29, 1.82) is 0 Å². The monoisotopic (exact) mass is 505 g/mol. The fraction of sp³-hybridized carbons (Fsp3) is 0.455. The van der Waals surface area contributed by atoms with E-state index in [1.165, 1.54) is 20.9 Å². The van der Waals surface area contributed by atoms with Crippen LogP contribution >= 0.6 is 34.3 Å². The molecule has 1 atom stereocenters. The summed E-state index contributed by atoms with van der Waals surface area (Å²) in [4.78, 5) is 35.1. The number of thiophene rings is 1. The Morgan fingerprint density at radius 3 is 2.73 bits per heavy atom. The minimum absolute atomic E-state index is 0.0635. The quantitative estimate of drug-likeness (QED) is 0.527. The first kappa shape index (κ1) is 22.5. The Morgan fingerprint density at radius 2 is 2.00 bits per heavy atom. The maximum absolute atomic E-state index is 13.1. The van der Waals surface area contributed by atoms with Crippen LogP contribution in [0.25, 0.3) is 0 Å². The maximum atomic E-state index is 13.1. The molecule has 0 bridgehead atoms. The van der Waals surface area contributed by atoms with Crippen molar-refractivity contribution in [3.8, 4) is 0 Å². The Hall–Kier alpha value is -2.27. The van der Waals surface area contributed by atoms with E-state index in [-0.39, 0.29) is 17.9 Å². The lowest BCUT2D eigenvalue weighted by Crippen LogP contribution is -2.47. The number of rotatable bonds is 5. The molecule has 2 aliphatic rings. The van der Waals surface area contributed by atoms with E-state index in [9.17, 15) is 9.59 Å². The molecule has 174 valence electrons. The van der Waals surface area contributed by atoms with Gasteiger partial charge in [-0.3, -0.25) is 4.79 Å². The van der Waals surface area contributed by atoms with Gasteiger partial charge in [0, 0.05) is 48.0 Å². The highest BCUT2D eigenvalue weighted by atomic mass is 35.5. The SMILES string of the molecule is O=C(N1CCOCC1)N1CCC(c2cc(CCc3ccc(Cl)s3)n(C(=O)c3cscn3)n2)C1. The van der Waals surface area contributed by atoms with Crippen molar-refractivity contribution in [3.63, 3.8) is 0 Å². The zero-order valence-corrected chi connectivity index (χ0v) is 20.4. The summed E-state index contributed by atoms with van der Waals surface area (Å²) in [6.45, 7) is 3.74. The molecule has 2 aliphatic heterocycles. The van der Waals surface area contributed by atoms with Gasteiger partial charge in [-0.1, -0.05) is 11.6 Å². The molecule has 33 heavy (non-hydrogen) atoms. The number of aryl methyl sites for hydroxylation is 2. The Balaban J connectivity index is 1.34. The number of ether oxygens (including phenoxy) is 1. The minimum Gasteiger partial charge on any atom is -0.378 e. The van der Waals surface area contributed by atoms with Crippen LogP contribution in [0.4, 0.5) is 4.79 Å². The molecular formula is C22H24ClN5O3S2. The number of thiazole rings is 1. The number of halogens is 1. The number of urea groups is 1. The molecule has 3 aromatic rings. The Labute approximate surface area is 204 Å². The van der Waals surface area contributed by atoms with E-state index >= 15 is 0 Å². The van der Waals surface area contributed by atoms with E-state index in [2.05, 4.69) is 4.98 Å². The van der Waals surface area contributed by atoms with Crippen LogP contribution in [0.1, 0.15) is 39.1 Å². The Morgan fingerprint density at radius 1 is 1.15 bits per heavy atom. The third-order valence-electron chi connectivity index (χ3n) is 6.06. The van der Waals surface area contributed by atoms with Gasteiger partial charge >= 0.3 is 6.03 Å². The summed E-state index contributed by atoms with van der Waals surface area (Å²) in [6, 6.07) is 5.99. The number of nitrogens with zero attached hydrogens (tertiary/aromatic N) is 5. The normalized spacial score (nSPS) is 18.8. The maximum Gasteiger partial charge on any atom is 0.320 e. The van der Waals surface area contributed by atoms with Gasteiger partial charge in [0.2, 0.25) is 0 Å². The van der Waals surface area contributed by atoms with Crippen LogP contribution in [0.3, 0.4) is 0 Å². The molecule has 0 aliphatic carbocycles. The molecule has 5 rings (SSSR count). The highest BCUT2D eigenvalue weighted by Gasteiger charge is 2.33. The summed E-state index contributed by atoms with van der Waals surface area (Å²) in [5, 5.41) is 6.45. The van der Waals surface area contributed by atoms with Crippen molar-refractivity contribution < 1.29 is 14.3 Å². The lowest BCUT2D eigenvalue weighted by atomic mass is 10.0. The molecule has 0 aromatic carbocycles. The van der Waals surface area contributed by atoms with Crippen LogP contribution < -0.4 is 0 Å². The molecule has 0 saturated carbocycles. The predicted octanol–water partition coefficient (Wildman–Crippen LogP) is 3.77. The molecule has 0 radical (unpaired) electrons. The first-order valence-electron chi connectivity index (χ1n) is 11.0. The van der Waals surface area contributed by atoms with E-state index in [0.29, 0.717) is 51.5 Å². The van der Waals surface area contributed by atoms with Gasteiger partial charge in [-0.15, -0.1) is 22.7 Å². The standard InChI is InChI=1S/C22H24ClN5O3S2/c23-20-4-3-17(33-20)2-1-16-11-18(25-28(16)21(29)19-13-32-14-24-19)15-5-6-27(12-15)22(30)26-7-9-31-10-8-26/h3-4,11,13-15H,1-2,5-10,12H2. The third kappa shape index (κ3) is 4.98. The molecule has 11 heteroatoms. The van der Waals surface area contributed by atoms with E-state index in [4.69, 9.17) is 21.4 Å². The van der Waals surface area contributed by atoms with E-state index in [0.717, 1.165) is 28.6 Å². The molecule has 2 amide bonds. The first-order chi connectivity index (χ1) is 16.1. The van der Waals surface area contributed by atoms with Crippen molar-refractivity contribution >= 4 is 46.2 Å². The summed E-state index contributed by atoms with van der Waals surface area (Å²) in [5.41, 5.74) is 3.75. The highest BCUT2D eigenvalue weighted by molar-refractivity contribution is 7.16. The van der Waals surface area contributed by atoms with Crippen molar-refractivity contribution in [2.45, 2.75) is 25.2 Å². The van der Waals surface area contributed by atoms with Gasteiger partial charge in [0.15, 0.2) is 0 Å². The second kappa shape index (κ2) is 9.92. The molecule has 0 spiro atoms. The fourth-order valence-electron chi connectivity index (χ4n) is 4.29. The van der Waals surface area contributed by atoms with Crippen LogP contribution in [-0.4, -0.2) is 75.9 Å². The average molecular weight is 506 g/mol. The molecule has 8 nitrogen and oxygen atoms in total. The molecule has 1 unspecified atom stereocenters. The summed E-state index contributed by atoms with van der Waals surface area (Å²) >= 11 is 9.01. The van der Waals surface area contributed by atoms with Crippen molar-refractivity contribution in [2.24, 2.45) is 0 Å². The van der Waals surface area contributed by atoms with Gasteiger partial charge in [-0.25, -0.2) is 9.78 Å². The predicted molar refractivity (Wildman–Crippen MR) is 128 cm³/mol. The number of carbonyl (C=O) groups excluding carboxylic acids is 2. The lowest BCUT2D eigenvalue weighted by Gasteiger charge is -2.30. The van der Waals surface area contributed by atoms with Gasteiger partial charge in [-0.2, -0.15) is 9.78 Å². The second-order valence-electron chi connectivity index (χ2n) is 8.17. The highest BCUT2D eigenvalue weighted by Crippen LogP contribution is 2.29. The number of hydrogen-bond acceptors (Lipinski definition) is 7. The Bertz CT molecular complexity index is 1120. The molecule has 5 heterocycles. The van der Waals surface area contributed by atoms with Gasteiger partial charge < -0.3 is 14.5 Å². The zero-order chi connectivity index (χ0) is 22.8. The average Bonchev–Trinajstić information content (AvgIpc) is 3.64. The number of likely N-dealkylation sites (tertiary alicyclic amines) is 1. The van der Waals surface area contributed by atoms with Crippen molar-refractivity contribution in [2.75, 3.05) is 39.4 Å². The van der Waals surface area contributed by atoms with Crippen LogP contribution in [0.5, 0.6) is 0 Å². The van der Waals surface area contributed by atoms with E-state index in [1.807, 2.05) is 28.0 Å². The minimum atomic E-state index is -0.221. The number of amides is 2. The molecule has 3 aromatic heterocycles. The summed E-state index contributed by atoms with van der Waals surface area (Å²) < 4.78 is 7.61. The molecule has 2 saturated heterocycles. The number of morpholine rings is 1. The zero-order valence-electron chi connectivity index (χ0n) is 18.0. The van der Waals surface area contributed by atoms with E-state index < -0.39 is 0 Å². The van der Waals surface area contributed by atoms with Crippen LogP contribution in [-0.2, 0) is 17.6 Å². The lowest BCUT2D eigenvalue weighted by molar-refractivity contribution is 0.0450. The molecule has 2 fully saturated rings. The number of aromatic nitrogens is 3. The largest absolute Gasteiger partial charge is 0.378 e. The smallest absolute Gasteiger partial charge is 0.320 e. The summed E-state index contributed by atoms with van der Waals surface area (Å²) in [7, 11) is 0. The third-order valence-corrected chi connectivity index (χ3v) is 7.94. The summed E-state index contributed by atoms with van der Waals surface area (Å²) in [5.74, 6) is -0.115. The van der Waals surface area contributed by atoms with Gasteiger partial charge in [0.05, 0.1) is 28.8 Å². The Kier molecular flexibility index (Phi) is 6.77. The number of hydrogen-bond donors (Lipinski definition) is 0. The second-order valence-corrected chi connectivity index (χ2v) is 10.7. The van der Waals surface area contributed by atoms with Gasteiger partial charge in [0.1, 0.15) is 5.69 Å². The van der Waals surface area contributed by atoms with Crippen LogP contribution in [0.15, 0.2) is 29.1 Å². The van der Waals surface area contributed by atoms with Gasteiger partial charge in [0.25, 0.3) is 5.91 Å². The topological polar surface area (TPSA) is 80.6 Å². The fourth-order valence-corrected chi connectivity index (χ4v) is 5.90. The van der Waals surface area contributed by atoms with Crippen LogP contribution in [0.2, 0.25) is 4.34 Å². The van der Waals surface area contributed by atoms with Crippen molar-refractivity contribution in [3.05, 3.63) is 55.4 Å².